The van der Waals surface area contributed by atoms with E-state index in [0.717, 1.165) is 6.42 Å². The van der Waals surface area contributed by atoms with E-state index in [0.29, 0.717) is 6.54 Å². The number of carbonyl (C=O) groups excluding carboxylic acids is 1. The van der Waals surface area contributed by atoms with Crippen molar-refractivity contribution in [1.29, 1.82) is 0 Å². The van der Waals surface area contributed by atoms with Gasteiger partial charge in [-0.3, -0.25) is 4.79 Å². The Labute approximate surface area is 108 Å². The molecule has 1 N–H and O–H groups in total. The molecule has 1 aliphatic rings. The molecule has 2 unspecified atom stereocenters. The number of hydrogen-bond acceptors (Lipinski definition) is 5. The highest BCUT2D eigenvalue weighted by Gasteiger charge is 2.38. The van der Waals surface area contributed by atoms with Gasteiger partial charge in [-0.1, -0.05) is 6.92 Å². The summed E-state index contributed by atoms with van der Waals surface area (Å²) in [7, 11) is -3.50. The Kier molecular flexibility index (Phi) is 5.55. The Bertz CT molecular complexity index is 381. The summed E-state index contributed by atoms with van der Waals surface area (Å²) >= 11 is 0. The van der Waals surface area contributed by atoms with Crippen molar-refractivity contribution in [1.82, 2.24) is 4.31 Å². The first-order valence-electron chi connectivity index (χ1n) is 6.18. The van der Waals surface area contributed by atoms with Gasteiger partial charge >= 0.3 is 5.97 Å². The van der Waals surface area contributed by atoms with Gasteiger partial charge in [-0.2, -0.15) is 4.31 Å². The summed E-state index contributed by atoms with van der Waals surface area (Å²) in [6, 6.07) is -0.364. The maximum absolute atomic E-state index is 12.1. The molecule has 1 fully saturated rings. The fourth-order valence-electron chi connectivity index (χ4n) is 2.15. The lowest BCUT2D eigenvalue weighted by Gasteiger charge is -2.24. The minimum Gasteiger partial charge on any atom is -0.466 e. The standard InChI is InChI=1S/C11H21NO5S/c1-3-17-11(14)5-7-18(15,16)12-6-4-9(2)10(12)8-13/h9-10,13H,3-8H2,1-2H3. The lowest BCUT2D eigenvalue weighted by molar-refractivity contribution is -0.142. The van der Waals surface area contributed by atoms with Crippen LogP contribution in [0.1, 0.15) is 26.7 Å². The smallest absolute Gasteiger partial charge is 0.306 e. The normalized spacial score (nSPS) is 25.3. The minimum atomic E-state index is -3.50. The number of carbonyl (C=O) groups is 1. The molecule has 2 atom stereocenters. The Hall–Kier alpha value is -0.660. The van der Waals surface area contributed by atoms with Gasteiger partial charge in [0.25, 0.3) is 0 Å². The van der Waals surface area contributed by atoms with Crippen LogP contribution in [0.15, 0.2) is 0 Å². The Balaban J connectivity index is 2.61. The van der Waals surface area contributed by atoms with Crippen molar-refractivity contribution in [3.8, 4) is 0 Å². The number of esters is 1. The Morgan fingerprint density at radius 2 is 2.17 bits per heavy atom. The van der Waals surface area contributed by atoms with Crippen molar-refractivity contribution in [2.75, 3.05) is 25.5 Å². The van der Waals surface area contributed by atoms with Crippen LogP contribution >= 0.6 is 0 Å². The first kappa shape index (κ1) is 15.4. The molecule has 106 valence electrons. The summed E-state index contributed by atoms with van der Waals surface area (Å²) < 4.78 is 30.1. The van der Waals surface area contributed by atoms with E-state index in [9.17, 15) is 18.3 Å². The average molecular weight is 279 g/mol. The predicted molar refractivity (Wildman–Crippen MR) is 66.4 cm³/mol. The number of ether oxygens (including phenoxy) is 1. The van der Waals surface area contributed by atoms with Crippen molar-refractivity contribution in [3.63, 3.8) is 0 Å². The van der Waals surface area contributed by atoms with Crippen LogP contribution in [0.4, 0.5) is 0 Å². The number of aliphatic hydroxyl groups is 1. The van der Waals surface area contributed by atoms with Crippen LogP contribution in [0.2, 0.25) is 0 Å². The lowest BCUT2D eigenvalue weighted by atomic mass is 10.0. The predicted octanol–water partition coefficient (Wildman–Crippen LogP) is -0.0279. The van der Waals surface area contributed by atoms with Gasteiger partial charge in [0, 0.05) is 6.54 Å². The maximum Gasteiger partial charge on any atom is 0.306 e. The molecule has 18 heavy (non-hydrogen) atoms. The highest BCUT2D eigenvalue weighted by atomic mass is 32.2. The lowest BCUT2D eigenvalue weighted by Crippen LogP contribution is -2.41. The second kappa shape index (κ2) is 6.49. The third kappa shape index (κ3) is 3.66. The van der Waals surface area contributed by atoms with Crippen molar-refractivity contribution >= 4 is 16.0 Å². The molecule has 1 heterocycles. The van der Waals surface area contributed by atoms with Crippen LogP contribution < -0.4 is 0 Å². The average Bonchev–Trinajstić information content (AvgIpc) is 2.69. The van der Waals surface area contributed by atoms with Crippen LogP contribution in [-0.2, 0) is 19.6 Å². The van der Waals surface area contributed by atoms with Gasteiger partial charge in [0.2, 0.25) is 10.0 Å². The molecular weight excluding hydrogens is 258 g/mol. The summed E-state index contributed by atoms with van der Waals surface area (Å²) in [5.74, 6) is -0.615. The zero-order valence-corrected chi connectivity index (χ0v) is 11.6. The molecule has 0 aliphatic carbocycles. The zero-order chi connectivity index (χ0) is 13.8. The number of sulfonamides is 1. The molecule has 0 aromatic heterocycles. The third-order valence-corrected chi connectivity index (χ3v) is 5.13. The van der Waals surface area contributed by atoms with Gasteiger partial charge in [-0.25, -0.2) is 8.42 Å². The molecule has 0 aromatic rings. The number of aliphatic hydroxyl groups excluding tert-OH is 1. The zero-order valence-electron chi connectivity index (χ0n) is 10.8. The Morgan fingerprint density at radius 1 is 1.50 bits per heavy atom. The molecule has 1 saturated heterocycles. The first-order valence-corrected chi connectivity index (χ1v) is 7.79. The SMILES string of the molecule is CCOC(=O)CCS(=O)(=O)N1CCC(C)C1CO. The van der Waals surface area contributed by atoms with Gasteiger partial charge in [0.1, 0.15) is 0 Å². The maximum atomic E-state index is 12.1. The summed E-state index contributed by atoms with van der Waals surface area (Å²) in [5, 5.41) is 9.23. The largest absolute Gasteiger partial charge is 0.466 e. The quantitative estimate of drug-likeness (QED) is 0.690. The summed E-state index contributed by atoms with van der Waals surface area (Å²) in [6.45, 7) is 4.08. The number of hydrogen-bond donors (Lipinski definition) is 1. The van der Waals surface area contributed by atoms with E-state index in [1.54, 1.807) is 6.92 Å². The molecule has 0 aromatic carbocycles. The van der Waals surface area contributed by atoms with E-state index in [2.05, 4.69) is 0 Å². The molecule has 1 rings (SSSR count). The van der Waals surface area contributed by atoms with E-state index < -0.39 is 16.0 Å². The molecule has 6 nitrogen and oxygen atoms in total. The van der Waals surface area contributed by atoms with Gasteiger partial charge in [0.05, 0.1) is 31.4 Å². The van der Waals surface area contributed by atoms with Crippen LogP contribution in [0.25, 0.3) is 0 Å². The first-order chi connectivity index (χ1) is 8.42. The number of rotatable bonds is 6. The fourth-order valence-corrected chi connectivity index (χ4v) is 3.88. The molecule has 0 amide bonds. The molecule has 7 heteroatoms. The minimum absolute atomic E-state index is 0.140. The van der Waals surface area contributed by atoms with Crippen LogP contribution in [0.3, 0.4) is 0 Å². The monoisotopic (exact) mass is 279 g/mol. The van der Waals surface area contributed by atoms with Crippen LogP contribution in [0.5, 0.6) is 0 Å². The van der Waals surface area contributed by atoms with E-state index in [1.165, 1.54) is 4.31 Å². The molecular formula is C11H21NO5S. The van der Waals surface area contributed by atoms with E-state index >= 15 is 0 Å². The van der Waals surface area contributed by atoms with Crippen molar-refractivity contribution < 1.29 is 23.1 Å². The number of nitrogens with zero attached hydrogens (tertiary/aromatic N) is 1. The van der Waals surface area contributed by atoms with Crippen molar-refractivity contribution in [2.24, 2.45) is 5.92 Å². The molecule has 0 saturated carbocycles. The topological polar surface area (TPSA) is 83.9 Å². The molecule has 1 aliphatic heterocycles. The highest BCUT2D eigenvalue weighted by molar-refractivity contribution is 7.89. The van der Waals surface area contributed by atoms with Gasteiger partial charge in [-0.15, -0.1) is 0 Å². The summed E-state index contributed by atoms with van der Waals surface area (Å²) in [6.07, 6.45) is 0.600. The highest BCUT2D eigenvalue weighted by Crippen LogP contribution is 2.26. The van der Waals surface area contributed by atoms with Crippen molar-refractivity contribution in [3.05, 3.63) is 0 Å². The van der Waals surface area contributed by atoms with E-state index in [1.807, 2.05) is 6.92 Å². The van der Waals surface area contributed by atoms with Gasteiger partial charge in [0.15, 0.2) is 0 Å². The Morgan fingerprint density at radius 3 is 2.72 bits per heavy atom. The second-order valence-electron chi connectivity index (χ2n) is 4.50. The second-order valence-corrected chi connectivity index (χ2v) is 6.54. The fraction of sp³-hybridized carbons (Fsp3) is 0.909. The third-order valence-electron chi connectivity index (χ3n) is 3.25. The van der Waals surface area contributed by atoms with Crippen LogP contribution in [0, 0.1) is 5.92 Å². The van der Waals surface area contributed by atoms with Gasteiger partial charge in [-0.05, 0) is 19.3 Å². The molecule has 0 bridgehead atoms. The van der Waals surface area contributed by atoms with Crippen LogP contribution in [-0.4, -0.2) is 55.4 Å². The molecule has 0 radical (unpaired) electrons. The van der Waals surface area contributed by atoms with Gasteiger partial charge < -0.3 is 9.84 Å². The summed E-state index contributed by atoms with van der Waals surface area (Å²) in [4.78, 5) is 11.2. The van der Waals surface area contributed by atoms with E-state index in [-0.39, 0.29) is 37.3 Å². The molecule has 0 spiro atoms. The van der Waals surface area contributed by atoms with E-state index in [4.69, 9.17) is 4.74 Å². The van der Waals surface area contributed by atoms with Crippen molar-refractivity contribution in [2.45, 2.75) is 32.7 Å². The summed E-state index contributed by atoms with van der Waals surface area (Å²) in [5.41, 5.74) is 0.